The lowest BCUT2D eigenvalue weighted by atomic mass is 9.97. The third kappa shape index (κ3) is 1.83. The number of carbonyl (C=O) groups is 1. The van der Waals surface area contributed by atoms with E-state index in [0.717, 1.165) is 30.9 Å². The van der Waals surface area contributed by atoms with Gasteiger partial charge < -0.3 is 15.4 Å². The van der Waals surface area contributed by atoms with Crippen LogP contribution in [-0.2, 0) is 4.74 Å². The summed E-state index contributed by atoms with van der Waals surface area (Å²) >= 11 is 1.88. The quantitative estimate of drug-likeness (QED) is 0.737. The summed E-state index contributed by atoms with van der Waals surface area (Å²) in [5, 5.41) is 0. The lowest BCUT2D eigenvalue weighted by Crippen LogP contribution is -2.50. The molecule has 0 aliphatic carbocycles. The third-order valence-corrected chi connectivity index (χ3v) is 4.09. The van der Waals surface area contributed by atoms with Gasteiger partial charge in [-0.25, -0.2) is 4.79 Å². The largest absolute Gasteiger partial charge is 0.442 e. The summed E-state index contributed by atoms with van der Waals surface area (Å²) in [5.41, 5.74) is 5.27. The van der Waals surface area contributed by atoms with Crippen molar-refractivity contribution in [1.82, 2.24) is 4.90 Å². The molecule has 2 saturated heterocycles. The molecule has 4 nitrogen and oxygen atoms in total. The van der Waals surface area contributed by atoms with Crippen molar-refractivity contribution in [3.8, 4) is 0 Å². The minimum atomic E-state index is -0.177. The van der Waals surface area contributed by atoms with Crippen molar-refractivity contribution in [2.24, 2.45) is 5.73 Å². The molecule has 1 unspecified atom stereocenters. The monoisotopic (exact) mass is 216 g/mol. The molecule has 14 heavy (non-hydrogen) atoms. The molecule has 2 fully saturated rings. The van der Waals surface area contributed by atoms with Crippen LogP contribution in [0.25, 0.3) is 0 Å². The van der Waals surface area contributed by atoms with E-state index in [9.17, 15) is 4.79 Å². The fourth-order valence-electron chi connectivity index (χ4n) is 1.96. The van der Waals surface area contributed by atoms with E-state index in [-0.39, 0.29) is 11.7 Å². The molecule has 2 N–H and O–H groups in total. The fraction of sp³-hybridized carbons (Fsp3) is 0.889. The van der Waals surface area contributed by atoms with Crippen LogP contribution in [0.4, 0.5) is 4.79 Å². The molecule has 1 amide bonds. The van der Waals surface area contributed by atoms with Crippen LogP contribution in [0.1, 0.15) is 12.8 Å². The number of rotatable bonds is 2. The Morgan fingerprint density at radius 1 is 1.57 bits per heavy atom. The standard InChI is InChI=1S/C9H16N2O2S/c10-3-5-11-4-1-9(13-8(11)12)2-6-14-7-9/h1-7,10H2. The number of nitrogens with two attached hydrogens (primary N) is 1. The number of amides is 1. The Balaban J connectivity index is 1.95. The first-order valence-electron chi connectivity index (χ1n) is 5.01. The van der Waals surface area contributed by atoms with Crippen LogP contribution in [0, 0.1) is 0 Å². The SMILES string of the molecule is NCCN1CCC2(CCSC2)OC1=O. The smallest absolute Gasteiger partial charge is 0.410 e. The molecule has 0 bridgehead atoms. The number of thioether (sulfide) groups is 1. The summed E-state index contributed by atoms with van der Waals surface area (Å²) in [6.45, 7) is 1.93. The van der Waals surface area contributed by atoms with Crippen LogP contribution >= 0.6 is 11.8 Å². The maximum absolute atomic E-state index is 11.6. The first-order chi connectivity index (χ1) is 6.76. The fourth-order valence-corrected chi connectivity index (χ4v) is 3.34. The molecule has 1 atom stereocenters. The highest BCUT2D eigenvalue weighted by molar-refractivity contribution is 7.99. The summed E-state index contributed by atoms with van der Waals surface area (Å²) in [6, 6.07) is 0. The molecule has 0 saturated carbocycles. The summed E-state index contributed by atoms with van der Waals surface area (Å²) < 4.78 is 5.51. The second-order valence-corrected chi connectivity index (χ2v) is 4.98. The molecule has 2 rings (SSSR count). The first-order valence-corrected chi connectivity index (χ1v) is 6.17. The molecular weight excluding hydrogens is 200 g/mol. The van der Waals surface area contributed by atoms with Gasteiger partial charge in [-0.3, -0.25) is 0 Å². The highest BCUT2D eigenvalue weighted by Crippen LogP contribution is 2.37. The highest BCUT2D eigenvalue weighted by Gasteiger charge is 2.42. The van der Waals surface area contributed by atoms with Gasteiger partial charge in [0.1, 0.15) is 5.60 Å². The summed E-state index contributed by atoms with van der Waals surface area (Å²) in [7, 11) is 0. The predicted octanol–water partition coefficient (Wildman–Crippen LogP) is 0.663. The Morgan fingerprint density at radius 2 is 2.43 bits per heavy atom. The Kier molecular flexibility index (Phi) is 2.88. The van der Waals surface area contributed by atoms with Gasteiger partial charge in [0.25, 0.3) is 0 Å². The summed E-state index contributed by atoms with van der Waals surface area (Å²) in [6.07, 6.45) is 1.80. The van der Waals surface area contributed by atoms with Crippen molar-refractivity contribution in [2.45, 2.75) is 18.4 Å². The van der Waals surface area contributed by atoms with E-state index in [2.05, 4.69) is 0 Å². The highest BCUT2D eigenvalue weighted by atomic mass is 32.2. The number of carbonyl (C=O) groups excluding carboxylic acids is 1. The Bertz CT molecular complexity index is 229. The van der Waals surface area contributed by atoms with E-state index in [1.54, 1.807) is 4.90 Å². The van der Waals surface area contributed by atoms with Crippen LogP contribution in [0.2, 0.25) is 0 Å². The number of nitrogens with zero attached hydrogens (tertiary/aromatic N) is 1. The van der Waals surface area contributed by atoms with Crippen molar-refractivity contribution in [2.75, 3.05) is 31.1 Å². The predicted molar refractivity (Wildman–Crippen MR) is 56.4 cm³/mol. The van der Waals surface area contributed by atoms with Crippen molar-refractivity contribution in [3.05, 3.63) is 0 Å². The minimum absolute atomic E-state index is 0.146. The van der Waals surface area contributed by atoms with Crippen LogP contribution < -0.4 is 5.73 Å². The normalized spacial score (nSPS) is 32.4. The zero-order valence-electron chi connectivity index (χ0n) is 8.20. The summed E-state index contributed by atoms with van der Waals surface area (Å²) in [4.78, 5) is 13.3. The zero-order valence-corrected chi connectivity index (χ0v) is 9.02. The molecule has 2 heterocycles. The van der Waals surface area contributed by atoms with Crippen LogP contribution in [0.3, 0.4) is 0 Å². The van der Waals surface area contributed by atoms with Gasteiger partial charge >= 0.3 is 6.09 Å². The Hall–Kier alpha value is -0.420. The van der Waals surface area contributed by atoms with Crippen molar-refractivity contribution < 1.29 is 9.53 Å². The van der Waals surface area contributed by atoms with E-state index in [1.807, 2.05) is 11.8 Å². The van der Waals surface area contributed by atoms with Gasteiger partial charge in [-0.2, -0.15) is 11.8 Å². The maximum Gasteiger partial charge on any atom is 0.410 e. The first kappa shape index (κ1) is 10.1. The topological polar surface area (TPSA) is 55.6 Å². The molecule has 0 radical (unpaired) electrons. The molecule has 2 aliphatic rings. The molecule has 1 spiro atoms. The van der Waals surface area contributed by atoms with Gasteiger partial charge in [0, 0.05) is 31.8 Å². The van der Waals surface area contributed by atoms with E-state index in [1.165, 1.54) is 0 Å². The van der Waals surface area contributed by atoms with E-state index in [0.29, 0.717) is 13.1 Å². The van der Waals surface area contributed by atoms with E-state index < -0.39 is 0 Å². The van der Waals surface area contributed by atoms with E-state index in [4.69, 9.17) is 10.5 Å². The van der Waals surface area contributed by atoms with Gasteiger partial charge in [0.15, 0.2) is 0 Å². The molecule has 80 valence electrons. The van der Waals surface area contributed by atoms with Crippen LogP contribution in [0.5, 0.6) is 0 Å². The molecule has 0 aromatic heterocycles. The summed E-state index contributed by atoms with van der Waals surface area (Å²) in [5.74, 6) is 2.08. The number of ether oxygens (including phenoxy) is 1. The number of hydrogen-bond donors (Lipinski definition) is 1. The number of hydrogen-bond acceptors (Lipinski definition) is 4. The molecule has 2 aliphatic heterocycles. The van der Waals surface area contributed by atoms with Crippen molar-refractivity contribution in [1.29, 1.82) is 0 Å². The van der Waals surface area contributed by atoms with Gasteiger partial charge in [0.05, 0.1) is 0 Å². The Labute approximate surface area is 88.1 Å². The molecule has 5 heteroatoms. The van der Waals surface area contributed by atoms with Crippen LogP contribution in [-0.4, -0.2) is 47.7 Å². The van der Waals surface area contributed by atoms with Crippen molar-refractivity contribution in [3.63, 3.8) is 0 Å². The third-order valence-electron chi connectivity index (χ3n) is 2.87. The molecule has 0 aromatic rings. The van der Waals surface area contributed by atoms with Crippen LogP contribution in [0.15, 0.2) is 0 Å². The zero-order chi connectivity index (χ0) is 10.0. The second-order valence-electron chi connectivity index (χ2n) is 3.88. The second kappa shape index (κ2) is 3.98. The Morgan fingerprint density at radius 3 is 3.00 bits per heavy atom. The lowest BCUT2D eigenvalue weighted by Gasteiger charge is -2.38. The van der Waals surface area contributed by atoms with Gasteiger partial charge in [0.2, 0.25) is 0 Å². The van der Waals surface area contributed by atoms with E-state index >= 15 is 0 Å². The van der Waals surface area contributed by atoms with Gasteiger partial charge in [-0.1, -0.05) is 0 Å². The maximum atomic E-state index is 11.6. The molecule has 0 aromatic carbocycles. The molecular formula is C9H16N2O2S. The average molecular weight is 216 g/mol. The van der Waals surface area contributed by atoms with Crippen molar-refractivity contribution >= 4 is 17.9 Å². The van der Waals surface area contributed by atoms with Gasteiger partial charge in [-0.05, 0) is 12.2 Å². The van der Waals surface area contributed by atoms with Gasteiger partial charge in [-0.15, -0.1) is 0 Å². The minimum Gasteiger partial charge on any atom is -0.442 e. The lowest BCUT2D eigenvalue weighted by molar-refractivity contribution is -0.0311. The average Bonchev–Trinajstić information content (AvgIpc) is 2.59.